The van der Waals surface area contributed by atoms with Gasteiger partial charge < -0.3 is 4.74 Å². The van der Waals surface area contributed by atoms with Crippen LogP contribution in [0.15, 0.2) is 0 Å². The van der Waals surface area contributed by atoms with E-state index in [-0.39, 0.29) is 34.9 Å². The maximum absolute atomic E-state index is 13.6. The first kappa shape index (κ1) is 28.8. The molecule has 0 aromatic carbocycles. The van der Waals surface area contributed by atoms with Crippen molar-refractivity contribution in [3.05, 3.63) is 0 Å². The molecule has 0 radical (unpaired) electrons. The molecule has 0 amide bonds. The van der Waals surface area contributed by atoms with Crippen LogP contribution < -0.4 is 0 Å². The first-order chi connectivity index (χ1) is 17.2. The summed E-state index contributed by atoms with van der Waals surface area (Å²) in [7, 11) is 1.39. The highest BCUT2D eigenvalue weighted by Gasteiger charge is 2.69. The van der Waals surface area contributed by atoms with E-state index < -0.39 is 5.41 Å². The minimum Gasteiger partial charge on any atom is -0.469 e. The summed E-state index contributed by atoms with van der Waals surface area (Å²) in [4.78, 5) is 38.2. The van der Waals surface area contributed by atoms with E-state index >= 15 is 0 Å². The van der Waals surface area contributed by atoms with Gasteiger partial charge in [-0.1, -0.05) is 54.9 Å². The lowest BCUT2D eigenvalue weighted by molar-refractivity contribution is -0.231. The first-order valence-electron chi connectivity index (χ1n) is 15.3. The van der Waals surface area contributed by atoms with Crippen molar-refractivity contribution in [3.8, 4) is 0 Å². The van der Waals surface area contributed by atoms with Gasteiger partial charge in [-0.15, -0.1) is 0 Å². The van der Waals surface area contributed by atoms with E-state index in [0.29, 0.717) is 48.2 Å². The minimum atomic E-state index is -0.428. The summed E-state index contributed by atoms with van der Waals surface area (Å²) in [5, 5.41) is 0. The molecular formula is C33H54O4. The van der Waals surface area contributed by atoms with Gasteiger partial charge in [0.1, 0.15) is 11.6 Å². The number of carbonyl (C=O) groups is 3. The van der Waals surface area contributed by atoms with Gasteiger partial charge in [-0.3, -0.25) is 14.4 Å². The molecule has 4 aliphatic carbocycles. The second-order valence-electron chi connectivity index (χ2n) is 15.3. The van der Waals surface area contributed by atoms with E-state index in [2.05, 4.69) is 41.5 Å². The first-order valence-corrected chi connectivity index (χ1v) is 15.3. The molecule has 0 spiro atoms. The van der Waals surface area contributed by atoms with Crippen LogP contribution in [0.4, 0.5) is 0 Å². The van der Waals surface area contributed by atoms with Gasteiger partial charge in [0, 0.05) is 30.6 Å². The largest absolute Gasteiger partial charge is 0.469 e. The standard InChI is InChI=1S/C33H54O4/c1-22(10-13-28(36)37-8)23(34)14-19-31(5)26-12-11-25-30(4)18-9-17-29(2,3)24(30)15-20-32(25,6)33(26,7)21-16-27(31)35/h22,24-26H,9-21H2,1-8H3/t22-,24-,25+,26+,30-,31+,32+,33+/m0/s1. The summed E-state index contributed by atoms with van der Waals surface area (Å²) in [6, 6.07) is 0. The zero-order valence-corrected chi connectivity index (χ0v) is 25.1. The number of fused-ring (bicyclic) bond motifs is 5. The number of ketones is 2. The minimum absolute atomic E-state index is 0.133. The van der Waals surface area contributed by atoms with E-state index in [1.165, 1.54) is 45.6 Å². The molecule has 4 heteroatoms. The summed E-state index contributed by atoms with van der Waals surface area (Å²) in [6.07, 6.45) is 12.6. The molecule has 0 heterocycles. The van der Waals surface area contributed by atoms with Gasteiger partial charge in [0.05, 0.1) is 7.11 Å². The number of ether oxygens (including phenoxy) is 1. The topological polar surface area (TPSA) is 60.4 Å². The second kappa shape index (κ2) is 9.77. The smallest absolute Gasteiger partial charge is 0.305 e. The molecule has 8 atom stereocenters. The zero-order valence-electron chi connectivity index (χ0n) is 25.1. The highest BCUT2D eigenvalue weighted by atomic mass is 16.5. The summed E-state index contributed by atoms with van der Waals surface area (Å²) in [5.74, 6) is 1.99. The molecule has 4 aliphatic rings. The summed E-state index contributed by atoms with van der Waals surface area (Å²) in [6.45, 7) is 16.9. The lowest BCUT2D eigenvalue weighted by atomic mass is 9.32. The molecule has 4 fully saturated rings. The van der Waals surface area contributed by atoms with Crippen molar-refractivity contribution in [1.29, 1.82) is 0 Å². The van der Waals surface area contributed by atoms with Gasteiger partial charge in [0.2, 0.25) is 0 Å². The lowest BCUT2D eigenvalue weighted by Crippen LogP contribution is -2.66. The van der Waals surface area contributed by atoms with E-state index in [1.807, 2.05) is 6.92 Å². The van der Waals surface area contributed by atoms with Crippen molar-refractivity contribution in [2.45, 2.75) is 132 Å². The van der Waals surface area contributed by atoms with E-state index in [1.54, 1.807) is 0 Å². The normalized spacial score (nSPS) is 43.7. The molecule has 37 heavy (non-hydrogen) atoms. The third-order valence-corrected chi connectivity index (χ3v) is 13.3. The van der Waals surface area contributed by atoms with Crippen molar-refractivity contribution in [3.63, 3.8) is 0 Å². The zero-order chi connectivity index (χ0) is 27.4. The van der Waals surface area contributed by atoms with Crippen LogP contribution in [0.3, 0.4) is 0 Å². The quantitative estimate of drug-likeness (QED) is 0.323. The Morgan fingerprint density at radius 2 is 1.51 bits per heavy atom. The number of esters is 1. The van der Waals surface area contributed by atoms with Crippen LogP contribution in [0.25, 0.3) is 0 Å². The summed E-state index contributed by atoms with van der Waals surface area (Å²) in [5.41, 5.74) is 0.768. The second-order valence-corrected chi connectivity index (χ2v) is 15.3. The monoisotopic (exact) mass is 514 g/mol. The van der Waals surface area contributed by atoms with Gasteiger partial charge in [0.25, 0.3) is 0 Å². The van der Waals surface area contributed by atoms with Crippen molar-refractivity contribution < 1.29 is 19.1 Å². The molecule has 0 N–H and O–H groups in total. The van der Waals surface area contributed by atoms with Crippen LogP contribution in [-0.4, -0.2) is 24.6 Å². The van der Waals surface area contributed by atoms with Gasteiger partial charge in [-0.05, 0) is 97.2 Å². The maximum atomic E-state index is 13.6. The van der Waals surface area contributed by atoms with Crippen LogP contribution in [0.2, 0.25) is 0 Å². The Hall–Kier alpha value is -1.19. The number of rotatable bonds is 7. The van der Waals surface area contributed by atoms with Crippen LogP contribution in [0, 0.1) is 50.7 Å². The Balaban J connectivity index is 1.55. The third-order valence-electron chi connectivity index (χ3n) is 13.3. The molecule has 4 rings (SSSR count). The molecule has 210 valence electrons. The van der Waals surface area contributed by atoms with Gasteiger partial charge >= 0.3 is 5.97 Å². The average molecular weight is 515 g/mol. The van der Waals surface area contributed by atoms with Crippen molar-refractivity contribution in [2.24, 2.45) is 50.7 Å². The van der Waals surface area contributed by atoms with E-state index in [4.69, 9.17) is 4.74 Å². The van der Waals surface area contributed by atoms with Crippen molar-refractivity contribution in [1.82, 2.24) is 0 Å². The van der Waals surface area contributed by atoms with Gasteiger partial charge in [-0.25, -0.2) is 0 Å². The molecule has 0 saturated heterocycles. The molecule has 4 nitrogen and oxygen atoms in total. The van der Waals surface area contributed by atoms with Crippen molar-refractivity contribution in [2.75, 3.05) is 7.11 Å². The van der Waals surface area contributed by atoms with Crippen molar-refractivity contribution >= 4 is 17.5 Å². The molecule has 4 saturated carbocycles. The molecule has 0 unspecified atom stereocenters. The Morgan fingerprint density at radius 1 is 0.865 bits per heavy atom. The van der Waals surface area contributed by atoms with Gasteiger partial charge in [0.15, 0.2) is 0 Å². The summed E-state index contributed by atoms with van der Waals surface area (Å²) >= 11 is 0. The average Bonchev–Trinajstić information content (AvgIpc) is 2.83. The number of Topliss-reactive ketones (excluding diaryl/α,β-unsaturated/α-hetero) is 2. The molecule has 0 aromatic rings. The molecular weight excluding hydrogens is 460 g/mol. The predicted molar refractivity (Wildman–Crippen MR) is 148 cm³/mol. The van der Waals surface area contributed by atoms with Crippen LogP contribution in [0.5, 0.6) is 0 Å². The highest BCUT2D eigenvalue weighted by molar-refractivity contribution is 5.87. The Morgan fingerprint density at radius 3 is 2.19 bits per heavy atom. The Bertz CT molecular complexity index is 921. The SMILES string of the molecule is COC(=O)CC[C@H](C)C(=O)CC[C@@]1(C)C(=O)CC[C@]2(C)[C@@H]1CC[C@@H]1[C@@]3(C)CCCC(C)(C)[C@@H]3CC[C@]12C. The van der Waals surface area contributed by atoms with Gasteiger partial charge in [-0.2, -0.15) is 0 Å². The molecule has 0 aliphatic heterocycles. The number of methoxy groups -OCH3 is 1. The number of hydrogen-bond donors (Lipinski definition) is 0. The third kappa shape index (κ3) is 4.45. The fraction of sp³-hybridized carbons (Fsp3) is 0.909. The summed E-state index contributed by atoms with van der Waals surface area (Å²) < 4.78 is 4.75. The predicted octanol–water partition coefficient (Wildman–Crippen LogP) is 7.96. The molecule has 0 bridgehead atoms. The fourth-order valence-corrected chi connectivity index (χ4v) is 10.9. The Labute approximate surface area is 226 Å². The number of hydrogen-bond acceptors (Lipinski definition) is 4. The fourth-order valence-electron chi connectivity index (χ4n) is 10.9. The number of carbonyl (C=O) groups excluding carboxylic acids is 3. The van der Waals surface area contributed by atoms with E-state index in [9.17, 15) is 14.4 Å². The van der Waals surface area contributed by atoms with E-state index in [0.717, 1.165) is 24.7 Å². The maximum Gasteiger partial charge on any atom is 0.305 e. The van der Waals surface area contributed by atoms with Crippen LogP contribution in [-0.2, 0) is 19.1 Å². The Kier molecular flexibility index (Phi) is 7.61. The van der Waals surface area contributed by atoms with Crippen LogP contribution >= 0.6 is 0 Å². The lowest BCUT2D eigenvalue weighted by Gasteiger charge is -2.72. The van der Waals surface area contributed by atoms with Crippen LogP contribution in [0.1, 0.15) is 132 Å². The molecule has 0 aromatic heterocycles. The highest BCUT2D eigenvalue weighted by Crippen LogP contribution is 2.75.